The molecule has 8 N–H and O–H groups in total. The molecule has 9 aromatic heterocycles. The zero-order valence-electron chi connectivity index (χ0n) is 79.1. The van der Waals surface area contributed by atoms with Crippen LogP contribution in [0, 0.1) is 68.1 Å². The van der Waals surface area contributed by atoms with Crippen LogP contribution in [0.15, 0.2) is 123 Å². The maximum atomic E-state index is 13.0. The average molecular weight is 2040 g/mol. The van der Waals surface area contributed by atoms with Gasteiger partial charge in [-0.05, 0) is 204 Å². The van der Waals surface area contributed by atoms with Crippen molar-refractivity contribution in [2.75, 3.05) is 70.1 Å². The minimum absolute atomic E-state index is 0. The van der Waals surface area contributed by atoms with Crippen molar-refractivity contribution in [1.82, 2.24) is 109 Å². The normalized spacial score (nSPS) is 15.7. The second kappa shape index (κ2) is 43.5. The molecule has 16 rings (SSSR count). The van der Waals surface area contributed by atoms with Crippen molar-refractivity contribution in [2.24, 2.45) is 16.2 Å². The van der Waals surface area contributed by atoms with E-state index in [0.29, 0.717) is 90.0 Å². The van der Waals surface area contributed by atoms with Crippen LogP contribution in [0.1, 0.15) is 167 Å². The van der Waals surface area contributed by atoms with Gasteiger partial charge < -0.3 is 84.7 Å². The number of ether oxygens (including phenoxy) is 7. The zero-order chi connectivity index (χ0) is 93.3. The first-order valence-corrected chi connectivity index (χ1v) is 43.0. The first-order chi connectivity index (χ1) is 62.0. The minimum atomic E-state index is -0.613. The molecule has 132 heavy (non-hydrogen) atoms. The van der Waals surface area contributed by atoms with Crippen molar-refractivity contribution in [3.8, 4) is 50.6 Å². The Bertz CT molecular complexity index is 6050. The molecular weight excluding hydrogens is 1920 g/mol. The molecule has 1 saturated carbocycles. The van der Waals surface area contributed by atoms with Crippen LogP contribution in [-0.4, -0.2) is 213 Å². The Morgan fingerprint density at radius 1 is 0.500 bits per heavy atom. The largest absolute Gasteiger partial charge is 1.00 e. The molecule has 3 saturated heterocycles. The van der Waals surface area contributed by atoms with Gasteiger partial charge in [0, 0.05) is 131 Å². The number of hydrogen-bond donors (Lipinski definition) is 4. The fourth-order valence-electron chi connectivity index (χ4n) is 15.9. The van der Waals surface area contributed by atoms with E-state index in [2.05, 4.69) is 114 Å². The first kappa shape index (κ1) is 101. The number of amides is 2. The Morgan fingerprint density at radius 3 is 1.17 bits per heavy atom. The summed E-state index contributed by atoms with van der Waals surface area (Å²) in [5, 5.41) is 29.7. The van der Waals surface area contributed by atoms with Crippen molar-refractivity contribution >= 4 is 88.8 Å². The molecular formula is C91H117BN25NaO13U. The van der Waals surface area contributed by atoms with E-state index in [1.165, 1.54) is 45.9 Å². The molecule has 3 aromatic carbocycles. The number of carbonyl (C=O) groups excluding carboxylic acids is 5. The van der Waals surface area contributed by atoms with Gasteiger partial charge in [-0.15, -0.1) is 15.3 Å². The van der Waals surface area contributed by atoms with Gasteiger partial charge in [0.1, 0.15) is 96.0 Å². The predicted octanol–water partition coefficient (Wildman–Crippen LogP) is 8.44. The minimum Gasteiger partial charge on any atom is -0.870 e. The summed E-state index contributed by atoms with van der Waals surface area (Å²) in [5.41, 5.74) is 30.2. The van der Waals surface area contributed by atoms with E-state index in [-0.39, 0.29) is 148 Å². The van der Waals surface area contributed by atoms with Crippen molar-refractivity contribution in [2.45, 2.75) is 206 Å². The number of esters is 3. The number of benzene rings is 3. The molecule has 692 valence electrons. The van der Waals surface area contributed by atoms with Gasteiger partial charge in [-0.25, -0.2) is 48.7 Å². The number of rotatable bonds is 25. The van der Waals surface area contributed by atoms with Gasteiger partial charge >= 0.3 is 53.6 Å². The number of hydrogen-bond acceptors (Lipinski definition) is 30. The second-order valence-electron chi connectivity index (χ2n) is 36.7. The van der Waals surface area contributed by atoms with E-state index in [4.69, 9.17) is 51.7 Å². The van der Waals surface area contributed by atoms with E-state index >= 15 is 0 Å². The Kier molecular flexibility index (Phi) is 33.4. The molecule has 4 aliphatic rings. The molecule has 4 fully saturated rings. The Morgan fingerprint density at radius 2 is 0.841 bits per heavy atom. The molecule has 0 unspecified atom stereocenters. The summed E-state index contributed by atoms with van der Waals surface area (Å²) < 4.78 is 56.1. The summed E-state index contributed by atoms with van der Waals surface area (Å²) in [4.78, 5) is 94.8. The molecule has 0 bridgehead atoms. The van der Waals surface area contributed by atoms with Crippen molar-refractivity contribution in [3.05, 3.63) is 157 Å². The van der Waals surface area contributed by atoms with Gasteiger partial charge in [-0.3, -0.25) is 24.1 Å². The standard InChI is InChI=1S/C34H43N9O4.C31H40N8O5.C26H32N8O3.BH.Na.H2O.U/c1-22-29(23-8-12-27(13-9-23)46-19-26-17-38-39-42(26)21-47-33(45)34(2,3)4)30-31(35)36-20-37-32(30)43(22)25-14-16-41(18-25)28(44)7-6-15-40(5)24-10-11-24;1-19-24(20-8-10-23(11-9-20)42-16-22-14-35-36-38(22)18-43-28(40)30(2,3)4)25-26(32)33-17-34-27(25)39(19)21-12-13-37(15-21)29(41)44-31(5,6)7;1-16-21(22-23(27)29-14-30-24(22)34(16)18-9-10-28-11-18)17-5-7-20(8-6-17)36-13-19-12-31-32-33(19)15-37-25(35)26(2,3)4;;;;/h6-9,12-13,17,20,24-25H,10-11,14-16,18-19,21H2,1-5H3,(H2,35,36,37);8-11,14,17,21H,12-13,15-16,18H2,1-7H3,(H2,32,33,34);5-8,12,14,18,28H,9-11,13,15H2,1-4H3,(H2,27,29,30);1H;;1H2;/q;;;;+1;;/p-1/b7-6+;;;;;;/t25-;21-;18-;;;;/m111..../s1/i;;;1T;;;. The van der Waals surface area contributed by atoms with Crippen LogP contribution in [0.2, 0.25) is 0 Å². The molecule has 2 radical (unpaired) electrons. The summed E-state index contributed by atoms with van der Waals surface area (Å²) in [6.45, 7) is 33.6. The van der Waals surface area contributed by atoms with Crippen LogP contribution in [0.5, 0.6) is 17.2 Å². The van der Waals surface area contributed by atoms with Gasteiger partial charge in [0.05, 0.1) is 80.2 Å². The molecule has 0 spiro atoms. The Balaban J connectivity index is 0.000000204. The van der Waals surface area contributed by atoms with E-state index in [1.54, 1.807) is 91.9 Å². The molecule has 1 aliphatic carbocycles. The van der Waals surface area contributed by atoms with Gasteiger partial charge in [-0.1, -0.05) is 58.1 Å². The molecule has 12 aromatic rings. The number of nitrogens with zero attached hydrogens (tertiary/aromatic N) is 21. The predicted molar refractivity (Wildman–Crippen MR) is 488 cm³/mol. The molecule has 41 heteroatoms. The smallest absolute Gasteiger partial charge is 0.870 e. The fraction of sp³-hybridized carbons (Fsp3) is 0.462. The number of nitrogens with two attached hydrogens (primary N) is 3. The summed E-state index contributed by atoms with van der Waals surface area (Å²) in [6, 6.07) is 24.4. The third kappa shape index (κ3) is 24.0. The van der Waals surface area contributed by atoms with Crippen molar-refractivity contribution in [1.29, 1.82) is 1.34 Å². The SMILES string of the molecule is Cc1c(-c2ccc(OCc3cnnn3COC(=O)C(C)(C)C)cc2)c2c(N)ncnc2n1[C@@H]1CCN(C(=O)/C=C/CN(C)C2CC2)C1.Cc1c(-c2ccc(OCc3cnnn3COC(=O)C(C)(C)C)cc2)c2c(N)ncnc2n1[C@@H]1CCN(C(=O)OC(C)(C)C)C1.Cc1c(-c2ccc(OCc3cnnn3COC(=O)C(C)(C)C)cc2)c2c(N)ncnc2n1[C@@H]1CCNC1.[3H][B].[Na+].[OH-].[U]. The number of likely N-dealkylation sites (N-methyl/N-ethyl adjacent to an activating group) is 1. The molecule has 2 amide bonds. The number of likely N-dealkylation sites (tertiary alicyclic amines) is 2. The summed E-state index contributed by atoms with van der Waals surface area (Å²) in [5.74, 6) is 2.34. The quantitative estimate of drug-likeness (QED) is 0.0180. The van der Waals surface area contributed by atoms with Gasteiger partial charge in [0.2, 0.25) is 5.91 Å². The molecule has 12 heterocycles. The van der Waals surface area contributed by atoms with Crippen molar-refractivity contribution < 1.29 is 123 Å². The van der Waals surface area contributed by atoms with Crippen LogP contribution in [0.25, 0.3) is 66.5 Å². The molecule has 38 nitrogen and oxygen atoms in total. The number of anilines is 3. The number of nitrogen functional groups attached to an aromatic ring is 3. The van der Waals surface area contributed by atoms with Crippen LogP contribution in [0.4, 0.5) is 22.2 Å². The van der Waals surface area contributed by atoms with E-state index in [1.807, 2.05) is 111 Å². The zero-order valence-corrected chi connectivity index (χ0v) is 84.3. The third-order valence-corrected chi connectivity index (χ3v) is 22.9. The Hall–Kier alpha value is -11.4. The second-order valence-corrected chi connectivity index (χ2v) is 36.7. The summed E-state index contributed by atoms with van der Waals surface area (Å²) >= 11 is 0. The van der Waals surface area contributed by atoms with E-state index in [0.717, 1.165) is 122 Å². The monoisotopic (exact) mass is 2040 g/mol. The average Bonchev–Trinajstić information content (AvgIpc) is 1.60. The molecule has 3 aliphatic heterocycles. The van der Waals surface area contributed by atoms with Crippen LogP contribution >= 0.6 is 0 Å². The van der Waals surface area contributed by atoms with Crippen molar-refractivity contribution in [3.63, 3.8) is 0 Å². The van der Waals surface area contributed by atoms with Crippen LogP contribution in [0.3, 0.4) is 0 Å². The third-order valence-electron chi connectivity index (χ3n) is 22.9. The topological polar surface area (TPSA) is 464 Å². The van der Waals surface area contributed by atoms with E-state index < -0.39 is 21.8 Å². The fourth-order valence-corrected chi connectivity index (χ4v) is 15.9. The number of fused-ring (bicyclic) bond motifs is 3. The summed E-state index contributed by atoms with van der Waals surface area (Å²) in [6.07, 6.45) is 17.7. The number of nitrogens with one attached hydrogen (secondary N) is 1. The summed E-state index contributed by atoms with van der Waals surface area (Å²) in [7, 11) is 5.86. The number of aromatic nitrogens is 18. The number of carbonyl (C=O) groups is 5. The maximum absolute atomic E-state index is 13.0. The molecule has 3 atom stereocenters. The van der Waals surface area contributed by atoms with Crippen LogP contribution in [-0.2, 0) is 78.1 Å². The van der Waals surface area contributed by atoms with Gasteiger partial charge in [0.15, 0.2) is 20.2 Å². The Labute approximate surface area is 815 Å². The van der Waals surface area contributed by atoms with Gasteiger partial charge in [-0.2, -0.15) is 0 Å². The maximum Gasteiger partial charge on any atom is 1.00 e. The van der Waals surface area contributed by atoms with Gasteiger partial charge in [0.25, 0.3) is 0 Å². The van der Waals surface area contributed by atoms with Crippen LogP contribution < -0.4 is 66.3 Å². The van der Waals surface area contributed by atoms with E-state index in [9.17, 15) is 24.0 Å². The first-order valence-electron chi connectivity index (χ1n) is 43.6.